The molecule has 11 heteroatoms. The van der Waals surface area contributed by atoms with Gasteiger partial charge in [0.05, 0.1) is 23.9 Å². The summed E-state index contributed by atoms with van der Waals surface area (Å²) in [4.78, 5) is 27.2. The molecular weight excluding hydrogens is 759 g/mol. The van der Waals surface area contributed by atoms with Crippen molar-refractivity contribution in [1.82, 2.24) is 9.88 Å². The first-order chi connectivity index (χ1) is 29.0. The van der Waals surface area contributed by atoms with Gasteiger partial charge in [-0.1, -0.05) is 73.5 Å². The Morgan fingerprint density at radius 1 is 1.02 bits per heavy atom. The van der Waals surface area contributed by atoms with Crippen molar-refractivity contribution in [3.63, 3.8) is 0 Å². The molecular formula is C49H65N3O8. The molecule has 60 heavy (non-hydrogen) atoms. The molecule has 11 nitrogen and oxygen atoms in total. The van der Waals surface area contributed by atoms with Gasteiger partial charge in [-0.05, 0) is 113 Å². The average molecular weight is 824 g/mol. The van der Waals surface area contributed by atoms with Crippen LogP contribution < -0.4 is 9.47 Å². The van der Waals surface area contributed by atoms with E-state index in [1.54, 1.807) is 11.0 Å². The Bertz CT molecular complexity index is 1940. The summed E-state index contributed by atoms with van der Waals surface area (Å²) in [6, 6.07) is 20.9. The number of aromatic nitrogens is 1. The molecule has 6 rings (SSSR count). The maximum Gasteiger partial charge on any atom is 0.410 e. The van der Waals surface area contributed by atoms with Crippen molar-refractivity contribution in [2.24, 2.45) is 22.9 Å². The van der Waals surface area contributed by atoms with Crippen LogP contribution in [0.2, 0.25) is 0 Å². The van der Waals surface area contributed by atoms with E-state index in [2.05, 4.69) is 23.7 Å². The maximum atomic E-state index is 14.5. The molecule has 0 spiro atoms. The summed E-state index contributed by atoms with van der Waals surface area (Å²) < 4.78 is 27.0. The molecule has 2 aromatic carbocycles. The molecule has 0 bridgehead atoms. The van der Waals surface area contributed by atoms with E-state index < -0.39 is 29.4 Å². The van der Waals surface area contributed by atoms with Crippen LogP contribution in [0.25, 0.3) is 0 Å². The number of amides is 1. The van der Waals surface area contributed by atoms with Crippen LogP contribution in [0, 0.1) is 24.7 Å². The second-order valence-electron chi connectivity index (χ2n) is 17.3. The number of aliphatic hydroxyl groups is 2. The molecule has 2 N–H and O–H groups in total. The summed E-state index contributed by atoms with van der Waals surface area (Å²) >= 11 is 0. The minimum atomic E-state index is -1.38. The van der Waals surface area contributed by atoms with Gasteiger partial charge >= 0.3 is 6.09 Å². The van der Waals surface area contributed by atoms with Crippen LogP contribution in [0.5, 0.6) is 11.5 Å². The van der Waals surface area contributed by atoms with Crippen molar-refractivity contribution in [1.29, 1.82) is 0 Å². The summed E-state index contributed by atoms with van der Waals surface area (Å²) in [7, 11) is 0. The summed E-state index contributed by atoms with van der Waals surface area (Å²) in [5, 5.41) is 24.8. The number of rotatable bonds is 20. The Morgan fingerprint density at radius 2 is 1.78 bits per heavy atom. The van der Waals surface area contributed by atoms with Gasteiger partial charge in [0.15, 0.2) is 0 Å². The number of ether oxygens (including phenoxy) is 4. The third kappa shape index (κ3) is 10.6. The number of aryl methyl sites for hydroxylation is 1. The minimum Gasteiger partial charge on any atom is -0.487 e. The number of carbonyl (C=O) groups is 1. The number of hydrogen-bond acceptors (Lipinski definition) is 10. The lowest BCUT2D eigenvalue weighted by molar-refractivity contribution is -0.255. The van der Waals surface area contributed by atoms with Gasteiger partial charge < -0.3 is 34.0 Å². The number of nitrogens with zero attached hydrogens (tertiary/aromatic N) is 3. The van der Waals surface area contributed by atoms with Gasteiger partial charge in [-0.3, -0.25) is 9.88 Å². The molecule has 2 aliphatic carbocycles. The van der Waals surface area contributed by atoms with Gasteiger partial charge in [0, 0.05) is 43.4 Å². The molecule has 0 unspecified atom stereocenters. The van der Waals surface area contributed by atoms with Crippen LogP contribution in [0.15, 0.2) is 96.2 Å². The first-order valence-electron chi connectivity index (χ1n) is 21.8. The number of pyridine rings is 1. The zero-order chi connectivity index (χ0) is 42.7. The van der Waals surface area contributed by atoms with Gasteiger partial charge in [0.1, 0.15) is 36.4 Å². The van der Waals surface area contributed by atoms with Crippen LogP contribution >= 0.6 is 0 Å². The fourth-order valence-corrected chi connectivity index (χ4v) is 9.18. The highest BCUT2D eigenvalue weighted by Crippen LogP contribution is 2.62. The molecule has 6 atom stereocenters. The number of aliphatic hydroxyl groups excluding tert-OH is 2. The molecule has 0 saturated heterocycles. The molecule has 3 aliphatic rings. The van der Waals surface area contributed by atoms with Gasteiger partial charge in [0.25, 0.3) is 0 Å². The maximum absolute atomic E-state index is 14.5. The lowest BCUT2D eigenvalue weighted by Crippen LogP contribution is -2.70. The number of hydrogen-bond donors (Lipinski definition) is 2. The third-order valence-electron chi connectivity index (χ3n) is 11.7. The Labute approximate surface area is 356 Å². The summed E-state index contributed by atoms with van der Waals surface area (Å²) in [5.41, 5.74) is 4.77. The fraction of sp³-hybridized carbons (Fsp3) is 0.531. The molecule has 3 aromatic rings. The highest BCUT2D eigenvalue weighted by atomic mass is 16.7. The second-order valence-corrected chi connectivity index (χ2v) is 17.3. The minimum absolute atomic E-state index is 0.0835. The Morgan fingerprint density at radius 3 is 2.48 bits per heavy atom. The van der Waals surface area contributed by atoms with E-state index in [9.17, 15) is 15.0 Å². The zero-order valence-corrected chi connectivity index (χ0v) is 36.2. The molecule has 1 saturated carbocycles. The molecule has 324 valence electrons. The molecule has 2 heterocycles. The highest BCUT2D eigenvalue weighted by molar-refractivity contribution is 6.03. The predicted molar refractivity (Wildman–Crippen MR) is 233 cm³/mol. The van der Waals surface area contributed by atoms with E-state index in [1.165, 1.54) is 0 Å². The lowest BCUT2D eigenvalue weighted by Gasteiger charge is -2.60. The van der Waals surface area contributed by atoms with Crippen LogP contribution in [-0.2, 0) is 27.5 Å². The largest absolute Gasteiger partial charge is 0.487 e. The van der Waals surface area contributed by atoms with Crippen LogP contribution in [-0.4, -0.2) is 75.7 Å². The quantitative estimate of drug-likeness (QED) is 0.0650. The topological polar surface area (TPSA) is 132 Å². The third-order valence-corrected chi connectivity index (χ3v) is 11.7. The van der Waals surface area contributed by atoms with Gasteiger partial charge in [-0.2, -0.15) is 0 Å². The lowest BCUT2D eigenvalue weighted by atomic mass is 9.55. The Hall–Kier alpha value is -4.71. The van der Waals surface area contributed by atoms with Gasteiger partial charge in [-0.15, -0.1) is 6.58 Å². The first kappa shape index (κ1) is 44.8. The first-order valence-corrected chi connectivity index (χ1v) is 21.8. The highest BCUT2D eigenvalue weighted by Gasteiger charge is 2.65. The summed E-state index contributed by atoms with van der Waals surface area (Å²) in [6.45, 7) is 15.2. The number of unbranched alkanes of at least 4 members (excludes halogenated alkanes) is 2. The summed E-state index contributed by atoms with van der Waals surface area (Å²) in [6.07, 6.45) is 9.29. The Balaban J connectivity index is 1.54. The van der Waals surface area contributed by atoms with Crippen molar-refractivity contribution < 1.29 is 38.8 Å². The molecule has 1 fully saturated rings. The van der Waals surface area contributed by atoms with E-state index in [4.69, 9.17) is 28.9 Å². The Kier molecular flexibility index (Phi) is 15.5. The van der Waals surface area contributed by atoms with E-state index in [1.807, 2.05) is 95.3 Å². The fourth-order valence-electron chi connectivity index (χ4n) is 9.18. The van der Waals surface area contributed by atoms with Crippen LogP contribution in [0.3, 0.4) is 0 Å². The molecule has 1 aromatic heterocycles. The number of allylic oxidation sites excluding steroid dienone is 1. The van der Waals surface area contributed by atoms with Crippen LogP contribution in [0.1, 0.15) is 107 Å². The van der Waals surface area contributed by atoms with Gasteiger partial charge in [-0.25, -0.2) is 4.79 Å². The smallest absolute Gasteiger partial charge is 0.410 e. The van der Waals surface area contributed by atoms with E-state index in [-0.39, 0.29) is 44.2 Å². The van der Waals surface area contributed by atoms with E-state index in [0.29, 0.717) is 50.3 Å². The zero-order valence-electron chi connectivity index (χ0n) is 36.2. The predicted octanol–water partition coefficient (Wildman–Crippen LogP) is 9.45. The van der Waals surface area contributed by atoms with Crippen LogP contribution in [0.4, 0.5) is 4.79 Å². The number of benzene rings is 2. The van der Waals surface area contributed by atoms with E-state index in [0.717, 1.165) is 59.5 Å². The SMILES string of the molecule is C=CCO[C@@]12Oc3ccc(OCc4cccc(C)n4)cc3[C@H]3[C@H](CCCCO)[C@@H](CCCCO)C=C(C(=NOC(C)(C)C)C[C@@H]1N(CCC)C(=O)OCc1ccccc1)[C@H]32. The van der Waals surface area contributed by atoms with Crippen molar-refractivity contribution in [2.75, 3.05) is 26.4 Å². The molecule has 0 radical (unpaired) electrons. The van der Waals surface area contributed by atoms with Crippen molar-refractivity contribution in [3.8, 4) is 11.5 Å². The number of oxime groups is 1. The van der Waals surface area contributed by atoms with Crippen molar-refractivity contribution in [3.05, 3.63) is 114 Å². The van der Waals surface area contributed by atoms with E-state index >= 15 is 0 Å². The number of carbonyl (C=O) groups excluding carboxylic acids is 1. The van der Waals surface area contributed by atoms with Crippen molar-refractivity contribution in [2.45, 2.75) is 123 Å². The van der Waals surface area contributed by atoms with Gasteiger partial charge in [0.2, 0.25) is 5.79 Å². The summed E-state index contributed by atoms with van der Waals surface area (Å²) in [5.74, 6) is -0.447. The number of fused-ring (bicyclic) bond motifs is 2. The average Bonchev–Trinajstić information content (AvgIpc) is 3.24. The normalized spacial score (nSPS) is 23.8. The molecule has 1 amide bonds. The monoisotopic (exact) mass is 823 g/mol. The van der Waals surface area contributed by atoms with Crippen molar-refractivity contribution >= 4 is 11.8 Å². The molecule has 1 aliphatic heterocycles. The second kappa shape index (κ2) is 20.7. The standard InChI is InChI=1S/C49H65N3O8/c1-7-25-52(47(55)57-32-35-18-10-9-11-19-35)44-31-42(51-60-48(4,5)6)40-29-36(20-12-14-26-53)39(22-13-15-27-54)45-41-30-38(56-33-37-21-16-17-34(3)50-37)23-24-43(41)59-49(44,46(40)45)58-28-8-2/h8-11,16-19,21,23-24,29-30,36,39,44-46,53-54H,2,7,12-15,20,22,25-28,31-33H2,1,3-6H3/t36-,39+,44-,45+,46+,49+/m0/s1.